The Bertz CT molecular complexity index is 733. The average molecular weight is 505 g/mol. The molecule has 10 heteroatoms. The van der Waals surface area contributed by atoms with E-state index in [0.29, 0.717) is 12.4 Å². The number of anilines is 1. The summed E-state index contributed by atoms with van der Waals surface area (Å²) < 4.78 is 10.0. The van der Waals surface area contributed by atoms with Gasteiger partial charge in [0.1, 0.15) is 18.1 Å². The fourth-order valence-electron chi connectivity index (χ4n) is 2.80. The molecule has 0 atom stereocenters. The number of nitrogens with one attached hydrogen (secondary N) is 1. The van der Waals surface area contributed by atoms with Crippen LogP contribution in [-0.2, 0) is 13.0 Å². The van der Waals surface area contributed by atoms with Gasteiger partial charge in [0.2, 0.25) is 11.0 Å². The van der Waals surface area contributed by atoms with Crippen molar-refractivity contribution in [1.82, 2.24) is 24.6 Å². The Morgan fingerprint density at radius 1 is 1.19 bits per heavy atom. The second-order valence-corrected chi connectivity index (χ2v) is 6.97. The zero-order valence-corrected chi connectivity index (χ0v) is 19.5. The van der Waals surface area contributed by atoms with Crippen LogP contribution in [0.5, 0.6) is 0 Å². The maximum Gasteiger partial charge on any atom is 0.216 e. The van der Waals surface area contributed by atoms with E-state index in [-0.39, 0.29) is 24.0 Å². The molecule has 0 saturated carbocycles. The van der Waals surface area contributed by atoms with Gasteiger partial charge in [-0.15, -0.1) is 24.0 Å². The van der Waals surface area contributed by atoms with Gasteiger partial charge >= 0.3 is 0 Å². The van der Waals surface area contributed by atoms with E-state index in [1.807, 2.05) is 13.8 Å². The summed E-state index contributed by atoms with van der Waals surface area (Å²) in [6.45, 7) is 13.0. The van der Waals surface area contributed by atoms with Gasteiger partial charge < -0.3 is 19.5 Å². The molecule has 1 aliphatic heterocycles. The van der Waals surface area contributed by atoms with Crippen LogP contribution in [0.1, 0.15) is 37.0 Å². The molecule has 2 aromatic rings. The number of halogens is 1. The van der Waals surface area contributed by atoms with Crippen molar-refractivity contribution < 1.29 is 4.42 Å². The van der Waals surface area contributed by atoms with Crippen molar-refractivity contribution in [2.24, 2.45) is 4.99 Å². The van der Waals surface area contributed by atoms with E-state index in [1.54, 1.807) is 0 Å². The van der Waals surface area contributed by atoms with Crippen LogP contribution >= 0.6 is 35.5 Å². The lowest BCUT2D eigenvalue weighted by atomic mass is 10.3. The summed E-state index contributed by atoms with van der Waals surface area (Å²) in [6, 6.07) is 0. The minimum atomic E-state index is 0. The number of aromatic nitrogens is 3. The number of aryl methyl sites for hydroxylation is 3. The lowest BCUT2D eigenvalue weighted by molar-refractivity contribution is 0.371. The maximum absolute atomic E-state index is 5.63. The van der Waals surface area contributed by atoms with Crippen LogP contribution in [0, 0.1) is 13.8 Å². The molecule has 0 bridgehead atoms. The molecule has 3 heterocycles. The van der Waals surface area contributed by atoms with Crippen LogP contribution in [0.3, 0.4) is 0 Å². The molecule has 0 spiro atoms. The molecule has 1 N–H and O–H groups in total. The summed E-state index contributed by atoms with van der Waals surface area (Å²) in [7, 11) is 0. The number of piperazine rings is 1. The zero-order chi connectivity index (χ0) is 18.5. The van der Waals surface area contributed by atoms with Crippen molar-refractivity contribution in [3.8, 4) is 0 Å². The topological polar surface area (TPSA) is 82.7 Å². The molecule has 8 nitrogen and oxygen atoms in total. The van der Waals surface area contributed by atoms with Gasteiger partial charge in [0.25, 0.3) is 0 Å². The molecular formula is C17H28IN7OS. The molecule has 150 valence electrons. The number of rotatable bonds is 5. The smallest absolute Gasteiger partial charge is 0.216 e. The number of aliphatic imine (C=N–C) groups is 1. The first-order chi connectivity index (χ1) is 12.6. The molecule has 0 amide bonds. The van der Waals surface area contributed by atoms with Crippen molar-refractivity contribution in [2.45, 2.75) is 40.7 Å². The van der Waals surface area contributed by atoms with Crippen LogP contribution in [-0.4, -0.2) is 57.9 Å². The quantitative estimate of drug-likeness (QED) is 0.380. The van der Waals surface area contributed by atoms with Gasteiger partial charge in [-0.1, -0.05) is 6.92 Å². The molecule has 3 rings (SSSR count). The molecule has 0 radical (unpaired) electrons. The average Bonchev–Trinajstić information content (AvgIpc) is 3.26. The molecule has 0 unspecified atom stereocenters. The van der Waals surface area contributed by atoms with E-state index in [9.17, 15) is 0 Å². The third kappa shape index (κ3) is 5.53. The van der Waals surface area contributed by atoms with Crippen molar-refractivity contribution in [2.75, 3.05) is 37.6 Å². The van der Waals surface area contributed by atoms with Crippen LogP contribution in [0.2, 0.25) is 0 Å². The van der Waals surface area contributed by atoms with Crippen LogP contribution < -0.4 is 10.2 Å². The molecule has 1 saturated heterocycles. The summed E-state index contributed by atoms with van der Waals surface area (Å²) in [5, 5.41) is 4.40. The predicted octanol–water partition coefficient (Wildman–Crippen LogP) is 2.61. The Balaban J connectivity index is 0.00000261. The molecule has 1 fully saturated rings. The van der Waals surface area contributed by atoms with Gasteiger partial charge in [-0.3, -0.25) is 0 Å². The number of hydrogen-bond donors (Lipinski definition) is 1. The highest BCUT2D eigenvalue weighted by atomic mass is 127. The van der Waals surface area contributed by atoms with Crippen molar-refractivity contribution >= 4 is 46.6 Å². The van der Waals surface area contributed by atoms with Gasteiger partial charge in [0, 0.05) is 50.7 Å². The molecule has 0 aromatic carbocycles. The van der Waals surface area contributed by atoms with Crippen LogP contribution in [0.25, 0.3) is 0 Å². The van der Waals surface area contributed by atoms with Gasteiger partial charge in [-0.2, -0.15) is 4.37 Å². The standard InChI is InChI=1S/C17H27N7OS.HI/c1-5-14-21-17(26-22-14)24-9-7-23(8-10-24)16(18-6-2)19-11-15-20-12(3)13(4)25-15;/h5-11H2,1-4H3,(H,18,19);1H. The number of oxazole rings is 1. The van der Waals surface area contributed by atoms with Crippen molar-refractivity contribution in [3.63, 3.8) is 0 Å². The SMILES string of the molecule is CCNC(=NCc1nc(C)c(C)o1)N1CCN(c2nc(CC)ns2)CC1.I. The minimum Gasteiger partial charge on any atom is -0.444 e. The maximum atomic E-state index is 5.63. The molecular weight excluding hydrogens is 477 g/mol. The second-order valence-electron chi connectivity index (χ2n) is 6.24. The Labute approximate surface area is 181 Å². The van der Waals surface area contributed by atoms with Crippen LogP contribution in [0.15, 0.2) is 9.41 Å². The number of guanidine groups is 1. The lowest BCUT2D eigenvalue weighted by Crippen LogP contribution is -2.52. The summed E-state index contributed by atoms with van der Waals surface area (Å²) >= 11 is 1.49. The first-order valence-electron chi connectivity index (χ1n) is 9.14. The number of nitrogens with zero attached hydrogens (tertiary/aromatic N) is 6. The first-order valence-corrected chi connectivity index (χ1v) is 9.91. The Kier molecular flexibility index (Phi) is 8.27. The van der Waals surface area contributed by atoms with Crippen LogP contribution in [0.4, 0.5) is 5.13 Å². The Morgan fingerprint density at radius 2 is 1.93 bits per heavy atom. The molecule has 1 aliphatic rings. The van der Waals surface area contributed by atoms with E-state index in [4.69, 9.17) is 9.41 Å². The van der Waals surface area contributed by atoms with Gasteiger partial charge in [-0.25, -0.2) is 15.0 Å². The van der Waals surface area contributed by atoms with E-state index in [0.717, 1.165) is 67.5 Å². The Hall–Kier alpha value is -1.43. The highest BCUT2D eigenvalue weighted by Gasteiger charge is 2.22. The summed E-state index contributed by atoms with van der Waals surface area (Å²) in [5.41, 5.74) is 0.928. The van der Waals surface area contributed by atoms with Crippen molar-refractivity contribution in [3.05, 3.63) is 23.2 Å². The highest BCUT2D eigenvalue weighted by Crippen LogP contribution is 2.19. The fourth-order valence-corrected chi connectivity index (χ4v) is 3.60. The van der Waals surface area contributed by atoms with Crippen molar-refractivity contribution in [1.29, 1.82) is 0 Å². The Morgan fingerprint density at radius 3 is 2.48 bits per heavy atom. The zero-order valence-electron chi connectivity index (χ0n) is 16.4. The largest absolute Gasteiger partial charge is 0.444 e. The minimum absolute atomic E-state index is 0. The monoisotopic (exact) mass is 505 g/mol. The fraction of sp³-hybridized carbons (Fsp3) is 0.647. The predicted molar refractivity (Wildman–Crippen MR) is 119 cm³/mol. The highest BCUT2D eigenvalue weighted by molar-refractivity contribution is 14.0. The molecule has 27 heavy (non-hydrogen) atoms. The number of hydrogen-bond acceptors (Lipinski definition) is 7. The van der Waals surface area contributed by atoms with Gasteiger partial charge in [0.15, 0.2) is 5.96 Å². The van der Waals surface area contributed by atoms with Gasteiger partial charge in [-0.05, 0) is 20.8 Å². The third-order valence-electron chi connectivity index (χ3n) is 4.40. The summed E-state index contributed by atoms with van der Waals surface area (Å²) in [4.78, 5) is 18.3. The summed E-state index contributed by atoms with van der Waals surface area (Å²) in [5.74, 6) is 3.36. The summed E-state index contributed by atoms with van der Waals surface area (Å²) in [6.07, 6.45) is 0.882. The lowest BCUT2D eigenvalue weighted by Gasteiger charge is -2.36. The van der Waals surface area contributed by atoms with E-state index in [2.05, 4.69) is 43.3 Å². The van der Waals surface area contributed by atoms with E-state index < -0.39 is 0 Å². The first kappa shape index (κ1) is 21.9. The molecule has 0 aliphatic carbocycles. The van der Waals surface area contributed by atoms with E-state index in [1.165, 1.54) is 11.5 Å². The van der Waals surface area contributed by atoms with E-state index >= 15 is 0 Å². The molecule has 2 aromatic heterocycles. The normalized spacial score (nSPS) is 15.0. The third-order valence-corrected chi connectivity index (χ3v) is 5.21. The van der Waals surface area contributed by atoms with Gasteiger partial charge in [0.05, 0.1) is 5.69 Å². The second kappa shape index (κ2) is 10.2.